The summed E-state index contributed by atoms with van der Waals surface area (Å²) >= 11 is 5.87. The Morgan fingerprint density at radius 2 is 1.91 bits per heavy atom. The number of hydrogen-bond acceptors (Lipinski definition) is 5. The van der Waals surface area contributed by atoms with Gasteiger partial charge in [-0.05, 0) is 18.2 Å². The summed E-state index contributed by atoms with van der Waals surface area (Å²) in [5, 5.41) is 20.1. The first-order valence-electron chi connectivity index (χ1n) is 6.26. The molecule has 1 aromatic carbocycles. The Hall–Kier alpha value is -2.74. The van der Waals surface area contributed by atoms with Crippen LogP contribution < -0.4 is 10.6 Å². The summed E-state index contributed by atoms with van der Waals surface area (Å²) in [4.78, 5) is 22.4. The molecule has 3 N–H and O–H groups in total. The fraction of sp³-hybridized carbons (Fsp3) is 0.154. The van der Waals surface area contributed by atoms with Crippen molar-refractivity contribution in [3.8, 4) is 0 Å². The van der Waals surface area contributed by atoms with Crippen LogP contribution in [0.15, 0.2) is 34.5 Å². The predicted octanol–water partition coefficient (Wildman–Crippen LogP) is 3.40. The van der Waals surface area contributed by atoms with Gasteiger partial charge in [0.25, 0.3) is 0 Å². The third-order valence-corrected chi connectivity index (χ3v) is 2.64. The molecule has 2 amide bonds. The first-order valence-corrected chi connectivity index (χ1v) is 6.64. The number of H-pyrrole nitrogens is 1. The maximum Gasteiger partial charge on any atom is 0.222 e. The number of halogens is 1. The summed E-state index contributed by atoms with van der Waals surface area (Å²) in [6.07, 6.45) is 0. The highest BCUT2D eigenvalue weighted by atomic mass is 35.5. The molecule has 0 radical (unpaired) electrons. The van der Waals surface area contributed by atoms with Crippen molar-refractivity contribution in [2.24, 2.45) is 10.2 Å². The Kier molecular flexibility index (Phi) is 4.84. The standard InChI is InChI=1S/C13H13ClN6O2/c1-7(21)15-12-11(13(20-19-12)16-8(2)22)18-17-10-5-3-4-9(14)6-10/h3-6H,1-2H3,(H3,15,16,19,20,21,22). The summed E-state index contributed by atoms with van der Waals surface area (Å²) in [6, 6.07) is 6.78. The van der Waals surface area contributed by atoms with Gasteiger partial charge in [0.15, 0.2) is 17.3 Å². The molecule has 2 aromatic rings. The lowest BCUT2D eigenvalue weighted by Crippen LogP contribution is -2.07. The SMILES string of the molecule is CC(=O)Nc1n[nH]c(NC(C)=O)c1N=Nc1cccc(Cl)c1. The monoisotopic (exact) mass is 320 g/mol. The maximum absolute atomic E-state index is 11.2. The number of nitrogens with one attached hydrogen (secondary N) is 3. The van der Waals surface area contributed by atoms with E-state index >= 15 is 0 Å². The maximum atomic E-state index is 11.2. The second-order valence-electron chi connectivity index (χ2n) is 4.34. The molecule has 0 spiro atoms. The van der Waals surface area contributed by atoms with Crippen molar-refractivity contribution in [2.45, 2.75) is 13.8 Å². The summed E-state index contributed by atoms with van der Waals surface area (Å²) < 4.78 is 0. The number of amides is 2. The van der Waals surface area contributed by atoms with Crippen LogP contribution in [0.25, 0.3) is 0 Å². The highest BCUT2D eigenvalue weighted by Gasteiger charge is 2.15. The van der Waals surface area contributed by atoms with Crippen LogP contribution in [0, 0.1) is 0 Å². The molecule has 0 saturated heterocycles. The number of hydrogen-bond donors (Lipinski definition) is 3. The van der Waals surface area contributed by atoms with Gasteiger partial charge in [0.1, 0.15) is 0 Å². The zero-order valence-electron chi connectivity index (χ0n) is 11.8. The Labute approximate surface area is 131 Å². The topological polar surface area (TPSA) is 112 Å². The zero-order chi connectivity index (χ0) is 16.1. The number of carbonyl (C=O) groups excluding carboxylic acids is 2. The third kappa shape index (κ3) is 4.13. The van der Waals surface area contributed by atoms with Gasteiger partial charge in [-0.2, -0.15) is 10.2 Å². The van der Waals surface area contributed by atoms with Crippen molar-refractivity contribution in [2.75, 3.05) is 10.6 Å². The molecule has 2 rings (SSSR count). The highest BCUT2D eigenvalue weighted by molar-refractivity contribution is 6.30. The molecule has 0 saturated carbocycles. The summed E-state index contributed by atoms with van der Waals surface area (Å²) in [5.41, 5.74) is 0.738. The first kappa shape index (κ1) is 15.6. The molecule has 0 aliphatic carbocycles. The molecule has 1 aromatic heterocycles. The Balaban J connectivity index is 2.35. The van der Waals surface area contributed by atoms with Gasteiger partial charge < -0.3 is 10.6 Å². The van der Waals surface area contributed by atoms with E-state index in [1.54, 1.807) is 24.3 Å². The number of anilines is 2. The van der Waals surface area contributed by atoms with Gasteiger partial charge in [0.05, 0.1) is 5.69 Å². The Bertz CT molecular complexity index is 706. The molecule has 1 heterocycles. The van der Waals surface area contributed by atoms with E-state index in [4.69, 9.17) is 11.6 Å². The van der Waals surface area contributed by atoms with Crippen LogP contribution in [0.4, 0.5) is 23.0 Å². The van der Waals surface area contributed by atoms with E-state index < -0.39 is 0 Å². The van der Waals surface area contributed by atoms with Crippen LogP contribution in [0.3, 0.4) is 0 Å². The van der Waals surface area contributed by atoms with Gasteiger partial charge >= 0.3 is 0 Å². The number of azo groups is 1. The van der Waals surface area contributed by atoms with Gasteiger partial charge in [-0.1, -0.05) is 17.7 Å². The number of benzene rings is 1. The minimum absolute atomic E-state index is 0.169. The van der Waals surface area contributed by atoms with E-state index in [9.17, 15) is 9.59 Å². The molecule has 0 aliphatic heterocycles. The number of rotatable bonds is 4. The lowest BCUT2D eigenvalue weighted by atomic mass is 10.3. The van der Waals surface area contributed by atoms with Crippen LogP contribution in [-0.4, -0.2) is 22.0 Å². The van der Waals surface area contributed by atoms with Crippen molar-refractivity contribution >= 4 is 46.4 Å². The summed E-state index contributed by atoms with van der Waals surface area (Å²) in [7, 11) is 0. The van der Waals surface area contributed by atoms with Gasteiger partial charge in [0.2, 0.25) is 11.8 Å². The number of carbonyl (C=O) groups is 2. The van der Waals surface area contributed by atoms with E-state index in [1.807, 2.05) is 0 Å². The van der Waals surface area contributed by atoms with Gasteiger partial charge in [-0.3, -0.25) is 14.7 Å². The quantitative estimate of drug-likeness (QED) is 0.750. The average Bonchev–Trinajstić information content (AvgIpc) is 2.77. The molecule has 0 fully saturated rings. The highest BCUT2D eigenvalue weighted by Crippen LogP contribution is 2.33. The number of aromatic amines is 1. The molecular weight excluding hydrogens is 308 g/mol. The lowest BCUT2D eigenvalue weighted by Gasteiger charge is -2.01. The molecule has 0 aliphatic rings. The fourth-order valence-corrected chi connectivity index (χ4v) is 1.78. The van der Waals surface area contributed by atoms with E-state index in [-0.39, 0.29) is 29.1 Å². The van der Waals surface area contributed by atoms with Crippen LogP contribution in [-0.2, 0) is 9.59 Å². The summed E-state index contributed by atoms with van der Waals surface area (Å²) in [6.45, 7) is 2.68. The second-order valence-corrected chi connectivity index (χ2v) is 4.77. The Morgan fingerprint density at radius 1 is 1.18 bits per heavy atom. The van der Waals surface area contributed by atoms with Crippen LogP contribution in [0.2, 0.25) is 5.02 Å². The normalized spacial score (nSPS) is 10.7. The van der Waals surface area contributed by atoms with Crippen molar-refractivity contribution in [3.05, 3.63) is 29.3 Å². The minimum atomic E-state index is -0.319. The largest absolute Gasteiger partial charge is 0.309 e. The van der Waals surface area contributed by atoms with Crippen molar-refractivity contribution in [1.82, 2.24) is 10.2 Å². The molecular formula is C13H13ClN6O2. The Morgan fingerprint density at radius 3 is 2.55 bits per heavy atom. The van der Waals surface area contributed by atoms with Crippen LogP contribution >= 0.6 is 11.6 Å². The number of nitrogens with zero attached hydrogens (tertiary/aromatic N) is 3. The molecule has 0 unspecified atom stereocenters. The van der Waals surface area contributed by atoms with Crippen LogP contribution in [0.1, 0.15) is 13.8 Å². The zero-order valence-corrected chi connectivity index (χ0v) is 12.6. The molecule has 114 valence electrons. The van der Waals surface area contributed by atoms with E-state index in [0.29, 0.717) is 10.7 Å². The van der Waals surface area contributed by atoms with Crippen molar-refractivity contribution < 1.29 is 9.59 Å². The number of aromatic nitrogens is 2. The predicted molar refractivity (Wildman–Crippen MR) is 82.8 cm³/mol. The fourth-order valence-electron chi connectivity index (χ4n) is 1.60. The molecule has 0 bridgehead atoms. The van der Waals surface area contributed by atoms with Gasteiger partial charge in [-0.15, -0.1) is 5.11 Å². The molecule has 8 nitrogen and oxygen atoms in total. The minimum Gasteiger partial charge on any atom is -0.309 e. The molecule has 9 heteroatoms. The van der Waals surface area contributed by atoms with Crippen molar-refractivity contribution in [3.63, 3.8) is 0 Å². The van der Waals surface area contributed by atoms with E-state index in [1.165, 1.54) is 13.8 Å². The third-order valence-electron chi connectivity index (χ3n) is 2.41. The van der Waals surface area contributed by atoms with Crippen LogP contribution in [0.5, 0.6) is 0 Å². The van der Waals surface area contributed by atoms with E-state index in [0.717, 1.165) is 0 Å². The summed E-state index contributed by atoms with van der Waals surface area (Å²) in [5.74, 6) is -0.221. The lowest BCUT2D eigenvalue weighted by molar-refractivity contribution is -0.115. The second kappa shape index (κ2) is 6.81. The van der Waals surface area contributed by atoms with Gasteiger partial charge in [-0.25, -0.2) is 0 Å². The smallest absolute Gasteiger partial charge is 0.222 e. The molecule has 22 heavy (non-hydrogen) atoms. The van der Waals surface area contributed by atoms with Crippen molar-refractivity contribution in [1.29, 1.82) is 0 Å². The van der Waals surface area contributed by atoms with E-state index in [2.05, 4.69) is 31.1 Å². The molecule has 0 atom stereocenters. The van der Waals surface area contributed by atoms with Gasteiger partial charge in [0, 0.05) is 18.9 Å². The first-order chi connectivity index (χ1) is 10.5. The average molecular weight is 321 g/mol.